The number of hydrogen-bond donors (Lipinski definition) is 1. The molecule has 3 aromatic rings. The van der Waals surface area contributed by atoms with Crippen LogP contribution >= 0.6 is 11.8 Å². The van der Waals surface area contributed by atoms with Crippen molar-refractivity contribution in [1.82, 2.24) is 4.90 Å². The number of carbonyl (C=O) groups excluding carboxylic acids is 3. The minimum Gasteiger partial charge on any atom is -0.462 e. The number of amides is 2. The van der Waals surface area contributed by atoms with Crippen molar-refractivity contribution in [2.24, 2.45) is 4.99 Å². The number of nitrogens with zero attached hydrogens (tertiary/aromatic N) is 2. The van der Waals surface area contributed by atoms with Gasteiger partial charge in [0.05, 0.1) is 24.4 Å². The molecule has 194 valence electrons. The van der Waals surface area contributed by atoms with E-state index in [4.69, 9.17) is 19.2 Å². The molecule has 3 aromatic carbocycles. The van der Waals surface area contributed by atoms with Gasteiger partial charge in [-0.1, -0.05) is 36.0 Å². The molecule has 0 spiro atoms. The van der Waals surface area contributed by atoms with E-state index in [-0.39, 0.29) is 38.2 Å². The fraction of sp³-hybridized carbons (Fsp3) is 0.214. The second-order valence-electron chi connectivity index (χ2n) is 8.50. The number of anilines is 1. The molecule has 1 atom stereocenters. The normalized spacial score (nSPS) is 17.4. The SMILES string of the molecule is CCOC(=O)c1ccc(N=C2S[C@H](C(=O)Nc3ccccc3)CC(=O)N2Cc2ccc3c(c2)OCO3)cc1. The quantitative estimate of drug-likeness (QED) is 0.439. The molecule has 1 N–H and O–H groups in total. The molecule has 0 saturated carbocycles. The first-order chi connectivity index (χ1) is 18.5. The maximum Gasteiger partial charge on any atom is 0.338 e. The third kappa shape index (κ3) is 5.81. The average Bonchev–Trinajstić information content (AvgIpc) is 3.39. The Morgan fingerprint density at radius 3 is 2.58 bits per heavy atom. The molecule has 9 nitrogen and oxygen atoms in total. The van der Waals surface area contributed by atoms with Gasteiger partial charge in [0.2, 0.25) is 18.6 Å². The Bertz CT molecular complexity index is 1380. The summed E-state index contributed by atoms with van der Waals surface area (Å²) < 4.78 is 15.9. The monoisotopic (exact) mass is 531 g/mol. The van der Waals surface area contributed by atoms with Gasteiger partial charge in [0, 0.05) is 12.1 Å². The summed E-state index contributed by atoms with van der Waals surface area (Å²) in [5.41, 5.74) is 2.43. The van der Waals surface area contributed by atoms with Gasteiger partial charge >= 0.3 is 5.97 Å². The Morgan fingerprint density at radius 2 is 1.82 bits per heavy atom. The minimum atomic E-state index is -0.659. The van der Waals surface area contributed by atoms with E-state index >= 15 is 0 Å². The Kier molecular flexibility index (Phi) is 7.60. The van der Waals surface area contributed by atoms with Crippen LogP contribution in [0.5, 0.6) is 11.5 Å². The summed E-state index contributed by atoms with van der Waals surface area (Å²) in [6.45, 7) is 2.43. The summed E-state index contributed by atoms with van der Waals surface area (Å²) in [6, 6.07) is 21.2. The second-order valence-corrected chi connectivity index (χ2v) is 9.66. The lowest BCUT2D eigenvalue weighted by atomic mass is 10.1. The molecule has 5 rings (SSSR count). The number of benzene rings is 3. The van der Waals surface area contributed by atoms with Crippen molar-refractivity contribution >= 4 is 46.1 Å². The van der Waals surface area contributed by atoms with Gasteiger partial charge in [-0.05, 0) is 61.0 Å². The van der Waals surface area contributed by atoms with E-state index in [1.54, 1.807) is 54.3 Å². The van der Waals surface area contributed by atoms with Crippen LogP contribution in [0.15, 0.2) is 77.8 Å². The molecule has 2 aliphatic heterocycles. The minimum absolute atomic E-state index is 0.0225. The van der Waals surface area contributed by atoms with Crippen LogP contribution in [0.4, 0.5) is 11.4 Å². The van der Waals surface area contributed by atoms with Crippen molar-refractivity contribution in [2.45, 2.75) is 25.1 Å². The predicted molar refractivity (Wildman–Crippen MR) is 144 cm³/mol. The smallest absolute Gasteiger partial charge is 0.338 e. The first-order valence-corrected chi connectivity index (χ1v) is 13.0. The largest absolute Gasteiger partial charge is 0.462 e. The van der Waals surface area contributed by atoms with E-state index in [2.05, 4.69) is 5.32 Å². The molecule has 0 unspecified atom stereocenters. The Morgan fingerprint density at radius 1 is 1.05 bits per heavy atom. The first kappa shape index (κ1) is 25.3. The molecule has 2 amide bonds. The highest BCUT2D eigenvalue weighted by atomic mass is 32.2. The number of aliphatic imine (C=N–C) groups is 1. The highest BCUT2D eigenvalue weighted by molar-refractivity contribution is 8.15. The number of hydrogen-bond acceptors (Lipinski definition) is 8. The van der Waals surface area contributed by atoms with Gasteiger partial charge in [-0.15, -0.1) is 0 Å². The van der Waals surface area contributed by atoms with E-state index in [1.807, 2.05) is 30.3 Å². The molecular formula is C28H25N3O6S. The van der Waals surface area contributed by atoms with Crippen LogP contribution < -0.4 is 14.8 Å². The highest BCUT2D eigenvalue weighted by Crippen LogP contribution is 2.35. The molecule has 38 heavy (non-hydrogen) atoms. The van der Waals surface area contributed by atoms with Gasteiger partial charge < -0.3 is 19.5 Å². The molecule has 1 fully saturated rings. The van der Waals surface area contributed by atoms with Gasteiger partial charge in [-0.3, -0.25) is 14.5 Å². The summed E-state index contributed by atoms with van der Waals surface area (Å²) in [6.07, 6.45) is 0.0225. The van der Waals surface area contributed by atoms with E-state index < -0.39 is 11.2 Å². The van der Waals surface area contributed by atoms with Crippen molar-refractivity contribution in [3.8, 4) is 11.5 Å². The number of esters is 1. The average molecular weight is 532 g/mol. The van der Waals surface area contributed by atoms with Gasteiger partial charge in [0.15, 0.2) is 16.7 Å². The molecule has 0 radical (unpaired) electrons. The number of amidine groups is 1. The van der Waals surface area contributed by atoms with Crippen LogP contribution in [-0.4, -0.2) is 46.5 Å². The number of ether oxygens (including phenoxy) is 3. The van der Waals surface area contributed by atoms with Crippen molar-refractivity contribution in [3.63, 3.8) is 0 Å². The zero-order valence-corrected chi connectivity index (χ0v) is 21.4. The van der Waals surface area contributed by atoms with Gasteiger partial charge in [-0.25, -0.2) is 9.79 Å². The van der Waals surface area contributed by atoms with Crippen LogP contribution in [0.25, 0.3) is 0 Å². The third-order valence-corrected chi connectivity index (χ3v) is 7.04. The number of fused-ring (bicyclic) bond motifs is 1. The standard InChI is InChI=1S/C28H25N3O6S/c1-2-35-27(34)19-9-11-21(12-10-19)30-28-31(16-18-8-13-22-23(14-18)37-17-36-22)25(32)15-24(38-28)26(33)29-20-6-4-3-5-7-20/h3-14,24H,2,15-17H2,1H3,(H,29,33)/t24-/m0/s1. The summed E-state index contributed by atoms with van der Waals surface area (Å²) >= 11 is 1.22. The molecule has 0 aromatic heterocycles. The first-order valence-electron chi connectivity index (χ1n) is 12.1. The molecular weight excluding hydrogens is 506 g/mol. The second kappa shape index (κ2) is 11.4. The lowest BCUT2D eigenvalue weighted by molar-refractivity contribution is -0.129. The summed E-state index contributed by atoms with van der Waals surface area (Å²) in [5.74, 6) is 0.351. The van der Waals surface area contributed by atoms with Crippen LogP contribution in [0.3, 0.4) is 0 Å². The molecule has 0 bridgehead atoms. The van der Waals surface area contributed by atoms with E-state index in [9.17, 15) is 14.4 Å². The van der Waals surface area contributed by atoms with Crippen LogP contribution in [0.2, 0.25) is 0 Å². The van der Waals surface area contributed by atoms with Crippen molar-refractivity contribution in [3.05, 3.63) is 83.9 Å². The van der Waals surface area contributed by atoms with Crippen molar-refractivity contribution in [1.29, 1.82) is 0 Å². The number of rotatable bonds is 7. The zero-order valence-electron chi connectivity index (χ0n) is 20.6. The number of carbonyl (C=O) groups is 3. The predicted octanol–water partition coefficient (Wildman–Crippen LogP) is 4.75. The maximum absolute atomic E-state index is 13.4. The third-order valence-electron chi connectivity index (χ3n) is 5.85. The fourth-order valence-electron chi connectivity index (χ4n) is 3.96. The summed E-state index contributed by atoms with van der Waals surface area (Å²) in [5, 5.41) is 2.60. The maximum atomic E-state index is 13.4. The topological polar surface area (TPSA) is 107 Å². The van der Waals surface area contributed by atoms with E-state index in [0.29, 0.717) is 33.6 Å². The van der Waals surface area contributed by atoms with E-state index in [1.165, 1.54) is 11.8 Å². The summed E-state index contributed by atoms with van der Waals surface area (Å²) in [7, 11) is 0. The molecule has 2 heterocycles. The van der Waals surface area contributed by atoms with Crippen LogP contribution in [0, 0.1) is 0 Å². The van der Waals surface area contributed by atoms with Crippen LogP contribution in [-0.2, 0) is 20.9 Å². The van der Waals surface area contributed by atoms with Gasteiger partial charge in [0.25, 0.3) is 0 Å². The Labute approximate surface area is 223 Å². The van der Waals surface area contributed by atoms with Crippen LogP contribution in [0.1, 0.15) is 29.3 Å². The Hall–Kier alpha value is -4.31. The number of nitrogens with one attached hydrogen (secondary N) is 1. The zero-order chi connectivity index (χ0) is 26.5. The van der Waals surface area contributed by atoms with E-state index in [0.717, 1.165) is 5.56 Å². The number of para-hydroxylation sites is 1. The fourth-order valence-corrected chi connectivity index (χ4v) is 5.06. The molecule has 1 saturated heterocycles. The van der Waals surface area contributed by atoms with Gasteiger partial charge in [0.1, 0.15) is 5.25 Å². The van der Waals surface area contributed by atoms with Crippen molar-refractivity contribution in [2.75, 3.05) is 18.7 Å². The van der Waals surface area contributed by atoms with Gasteiger partial charge in [-0.2, -0.15) is 0 Å². The van der Waals surface area contributed by atoms with Crippen molar-refractivity contribution < 1.29 is 28.6 Å². The Balaban J connectivity index is 1.41. The molecule has 0 aliphatic carbocycles. The summed E-state index contributed by atoms with van der Waals surface area (Å²) in [4.78, 5) is 44.7. The highest BCUT2D eigenvalue weighted by Gasteiger charge is 2.36. The lowest BCUT2D eigenvalue weighted by Crippen LogP contribution is -2.44. The molecule has 2 aliphatic rings. The molecule has 10 heteroatoms. The lowest BCUT2D eigenvalue weighted by Gasteiger charge is -2.32. The number of thioether (sulfide) groups is 1.